The molecule has 0 saturated heterocycles. The minimum atomic E-state index is -4.75. The van der Waals surface area contributed by atoms with E-state index in [1.807, 2.05) is 0 Å². The first-order chi connectivity index (χ1) is 13.2. The van der Waals surface area contributed by atoms with Crippen molar-refractivity contribution in [2.45, 2.75) is 6.18 Å². The number of hydrogen-bond acceptors (Lipinski definition) is 6. The molecule has 0 spiro atoms. The van der Waals surface area contributed by atoms with Gasteiger partial charge in [-0.15, -0.1) is 0 Å². The fourth-order valence-corrected chi connectivity index (χ4v) is 3.21. The largest absolute Gasteiger partial charge is 0.755 e. The minimum Gasteiger partial charge on any atom is -0.755 e. The summed E-state index contributed by atoms with van der Waals surface area (Å²) in [6, 6.07) is 6.47. The minimum absolute atomic E-state index is 0.0663. The number of halogens is 3. The number of nitrogens with zero attached hydrogens (tertiary/aromatic N) is 3. The molecule has 0 bridgehead atoms. The van der Waals surface area contributed by atoms with Gasteiger partial charge in [0.05, 0.1) is 46.4 Å². The quantitative estimate of drug-likeness (QED) is 0.483. The normalized spacial score (nSPS) is 12.6. The lowest BCUT2D eigenvalue weighted by Gasteiger charge is -2.29. The van der Waals surface area contributed by atoms with Crippen molar-refractivity contribution in [1.82, 2.24) is 9.97 Å². The molecule has 0 N–H and O–H groups in total. The maximum absolute atomic E-state index is 13.2. The van der Waals surface area contributed by atoms with E-state index in [-0.39, 0.29) is 16.8 Å². The van der Waals surface area contributed by atoms with Gasteiger partial charge in [-0.2, -0.15) is 13.2 Å². The van der Waals surface area contributed by atoms with Gasteiger partial charge in [0.15, 0.2) is 0 Å². The van der Waals surface area contributed by atoms with Crippen molar-refractivity contribution >= 4 is 39.6 Å². The van der Waals surface area contributed by atoms with Crippen LogP contribution in [-0.2, 0) is 22.2 Å². The van der Waals surface area contributed by atoms with Gasteiger partial charge in [0.25, 0.3) is 0 Å². The van der Waals surface area contributed by atoms with Crippen molar-refractivity contribution in [3.63, 3.8) is 0 Å². The molecule has 0 saturated carbocycles. The molecule has 7 nitrogen and oxygen atoms in total. The first-order valence-electron chi connectivity index (χ1n) is 7.63. The third-order valence-corrected chi connectivity index (χ3v) is 4.49. The second kappa shape index (κ2) is 7.52. The predicted octanol–water partition coefficient (Wildman–Crippen LogP) is 3.37. The van der Waals surface area contributed by atoms with Gasteiger partial charge in [0.1, 0.15) is 5.52 Å². The number of rotatable bonds is 4. The molecule has 0 aliphatic carbocycles. The maximum atomic E-state index is 13.2. The van der Waals surface area contributed by atoms with Crippen LogP contribution in [0.1, 0.15) is 15.9 Å². The molecule has 0 aliphatic rings. The Hall–Kier alpha value is -3.05. The van der Waals surface area contributed by atoms with Gasteiger partial charge in [-0.3, -0.25) is 18.5 Å². The molecule has 1 aromatic heterocycles. The molecule has 2 aromatic carbocycles. The molecule has 28 heavy (non-hydrogen) atoms. The summed E-state index contributed by atoms with van der Waals surface area (Å²) in [7, 11) is 1.03. The average Bonchev–Trinajstić information content (AvgIpc) is 2.66. The highest BCUT2D eigenvalue weighted by Gasteiger charge is 2.33. The zero-order chi connectivity index (χ0) is 20.5. The van der Waals surface area contributed by atoms with Crippen molar-refractivity contribution < 1.29 is 31.5 Å². The number of benzene rings is 2. The van der Waals surface area contributed by atoms with E-state index in [9.17, 15) is 26.7 Å². The van der Waals surface area contributed by atoms with Crippen LogP contribution in [0, 0.1) is 0 Å². The Morgan fingerprint density at radius 2 is 1.86 bits per heavy atom. The van der Waals surface area contributed by atoms with Crippen LogP contribution in [0.15, 0.2) is 48.8 Å². The van der Waals surface area contributed by atoms with Crippen LogP contribution in [-0.4, -0.2) is 31.8 Å². The molecule has 3 rings (SSSR count). The van der Waals surface area contributed by atoms with Gasteiger partial charge >= 0.3 is 12.1 Å². The molecule has 3 aromatic rings. The number of alkyl halides is 3. The number of carbonyl (C=O) groups is 1. The standard InChI is InChI=1S/C17H12F3N3O4S/c1-27-16(24)11-6-5-10(17(18,19)20)9-14(11)23(28(25)26)13-4-2-3-12-15(13)22-8-7-21-12/h2-9H,1H3,(H,25,26)/p-1. The second-order valence-corrected chi connectivity index (χ2v) is 6.23. The van der Waals surface area contributed by atoms with E-state index in [4.69, 9.17) is 0 Å². The summed E-state index contributed by atoms with van der Waals surface area (Å²) in [4.78, 5) is 20.2. The van der Waals surface area contributed by atoms with Crippen LogP contribution in [0.5, 0.6) is 0 Å². The third-order valence-electron chi connectivity index (χ3n) is 3.79. The zero-order valence-corrected chi connectivity index (χ0v) is 15.0. The van der Waals surface area contributed by atoms with Gasteiger partial charge in [0, 0.05) is 12.4 Å². The van der Waals surface area contributed by atoms with Crippen LogP contribution >= 0.6 is 0 Å². The van der Waals surface area contributed by atoms with Gasteiger partial charge in [0.2, 0.25) is 0 Å². The lowest BCUT2D eigenvalue weighted by molar-refractivity contribution is -0.137. The number of para-hydroxylation sites is 1. The van der Waals surface area contributed by atoms with Crippen molar-refractivity contribution in [3.05, 3.63) is 59.9 Å². The van der Waals surface area contributed by atoms with E-state index >= 15 is 0 Å². The molecular weight excluding hydrogens is 399 g/mol. The monoisotopic (exact) mass is 410 g/mol. The summed E-state index contributed by atoms with van der Waals surface area (Å²) < 4.78 is 68.7. The molecule has 146 valence electrons. The van der Waals surface area contributed by atoms with Gasteiger partial charge in [-0.05, 0) is 30.3 Å². The summed E-state index contributed by atoms with van der Waals surface area (Å²) in [5.41, 5.74) is -1.63. The second-order valence-electron chi connectivity index (χ2n) is 5.43. The van der Waals surface area contributed by atoms with E-state index in [0.717, 1.165) is 13.2 Å². The maximum Gasteiger partial charge on any atom is 0.416 e. The number of esters is 1. The number of carbonyl (C=O) groups excluding carboxylic acids is 1. The first kappa shape index (κ1) is 19.7. The Labute approximate surface area is 159 Å². The van der Waals surface area contributed by atoms with Crippen LogP contribution in [0.3, 0.4) is 0 Å². The highest BCUT2D eigenvalue weighted by atomic mass is 32.2. The van der Waals surface area contributed by atoms with Crippen molar-refractivity contribution in [2.75, 3.05) is 11.4 Å². The fourth-order valence-electron chi connectivity index (χ4n) is 2.59. The first-order valence-corrected chi connectivity index (χ1v) is 8.66. The van der Waals surface area contributed by atoms with E-state index < -0.39 is 34.7 Å². The van der Waals surface area contributed by atoms with E-state index in [0.29, 0.717) is 22.0 Å². The zero-order valence-electron chi connectivity index (χ0n) is 14.1. The Kier molecular flexibility index (Phi) is 5.29. The molecule has 0 amide bonds. The van der Waals surface area contributed by atoms with E-state index in [1.54, 1.807) is 6.07 Å². The Morgan fingerprint density at radius 3 is 2.50 bits per heavy atom. The molecule has 1 atom stereocenters. The number of hydrogen-bond donors (Lipinski definition) is 0. The smallest absolute Gasteiger partial charge is 0.416 e. The van der Waals surface area contributed by atoms with E-state index in [1.165, 1.54) is 24.5 Å². The van der Waals surface area contributed by atoms with Crippen molar-refractivity contribution in [3.8, 4) is 0 Å². The molecule has 0 fully saturated rings. The highest BCUT2D eigenvalue weighted by molar-refractivity contribution is 7.81. The van der Waals surface area contributed by atoms with Gasteiger partial charge in [-0.1, -0.05) is 6.07 Å². The van der Waals surface area contributed by atoms with Crippen molar-refractivity contribution in [1.29, 1.82) is 0 Å². The summed E-state index contributed by atoms with van der Waals surface area (Å²) in [5.74, 6) is -0.995. The van der Waals surface area contributed by atoms with Gasteiger partial charge in [-0.25, -0.2) is 4.79 Å². The fraction of sp³-hybridized carbons (Fsp3) is 0.118. The lowest BCUT2D eigenvalue weighted by atomic mass is 10.1. The molecule has 1 unspecified atom stereocenters. The Morgan fingerprint density at radius 1 is 1.14 bits per heavy atom. The molecule has 0 radical (unpaired) electrons. The van der Waals surface area contributed by atoms with Crippen LogP contribution in [0.4, 0.5) is 24.5 Å². The van der Waals surface area contributed by atoms with Crippen LogP contribution < -0.4 is 4.31 Å². The Balaban J connectivity index is 2.32. The Bertz CT molecular complexity index is 1070. The predicted molar refractivity (Wildman–Crippen MR) is 93.4 cm³/mol. The molecule has 1 heterocycles. The van der Waals surface area contributed by atoms with Crippen molar-refractivity contribution in [2.24, 2.45) is 0 Å². The summed E-state index contributed by atoms with van der Waals surface area (Å²) in [6.07, 6.45) is -2.06. The lowest BCUT2D eigenvalue weighted by Crippen LogP contribution is -2.23. The summed E-state index contributed by atoms with van der Waals surface area (Å²) >= 11 is -3.08. The average molecular weight is 410 g/mol. The summed E-state index contributed by atoms with van der Waals surface area (Å²) in [6.45, 7) is 0. The molecule has 0 aliphatic heterocycles. The number of aromatic nitrogens is 2. The summed E-state index contributed by atoms with van der Waals surface area (Å²) in [5, 5.41) is 0. The number of fused-ring (bicyclic) bond motifs is 1. The third kappa shape index (κ3) is 3.66. The SMILES string of the molecule is COC(=O)c1ccc(C(F)(F)F)cc1N(c1cccc2nccnc12)S(=O)[O-]. The van der Waals surface area contributed by atoms with Crippen LogP contribution in [0.25, 0.3) is 11.0 Å². The highest BCUT2D eigenvalue weighted by Crippen LogP contribution is 2.38. The van der Waals surface area contributed by atoms with Gasteiger partial charge < -0.3 is 9.29 Å². The number of ether oxygens (including phenoxy) is 1. The number of anilines is 2. The molecule has 11 heteroatoms. The van der Waals surface area contributed by atoms with Crippen LogP contribution in [0.2, 0.25) is 0 Å². The van der Waals surface area contributed by atoms with E-state index in [2.05, 4.69) is 14.7 Å². The molecular formula is C17H11F3N3O4S-. The number of methoxy groups -OCH3 is 1. The topological polar surface area (TPSA) is 95.5 Å².